The van der Waals surface area contributed by atoms with Crippen LogP contribution in [0.5, 0.6) is 0 Å². The first-order chi connectivity index (χ1) is 8.04. The third-order valence-electron chi connectivity index (χ3n) is 2.79. The first-order valence-electron chi connectivity index (χ1n) is 5.87. The van der Waals surface area contributed by atoms with Gasteiger partial charge in [0.25, 0.3) is 0 Å². The van der Waals surface area contributed by atoms with Crippen LogP contribution in [0, 0.1) is 0 Å². The molecule has 2 rings (SSSR count). The van der Waals surface area contributed by atoms with Crippen molar-refractivity contribution >= 4 is 11.5 Å². The molecule has 2 heterocycles. The normalized spacial score (nSPS) is 17.8. The smallest absolute Gasteiger partial charge is 0.115 e. The lowest BCUT2D eigenvalue weighted by Crippen LogP contribution is -2.23. The zero-order chi connectivity index (χ0) is 12.5. The summed E-state index contributed by atoms with van der Waals surface area (Å²) in [6.45, 7) is 7.25. The highest BCUT2D eigenvalue weighted by Gasteiger charge is 2.30. The van der Waals surface area contributed by atoms with Gasteiger partial charge in [0.1, 0.15) is 11.8 Å². The van der Waals surface area contributed by atoms with Crippen molar-refractivity contribution in [3.8, 4) is 0 Å². The summed E-state index contributed by atoms with van der Waals surface area (Å²) in [5, 5.41) is 7.57. The molecular formula is C12H19N3OS. The SMILES string of the molecule is CNC(C1=CCCO1)c1snnc1C(C)(C)C. The average molecular weight is 253 g/mol. The largest absolute Gasteiger partial charge is 0.496 e. The van der Waals surface area contributed by atoms with E-state index in [-0.39, 0.29) is 11.5 Å². The molecule has 0 saturated heterocycles. The summed E-state index contributed by atoms with van der Waals surface area (Å²) in [5.41, 5.74) is 1.06. The van der Waals surface area contributed by atoms with Gasteiger partial charge in [0.05, 0.1) is 17.2 Å². The summed E-state index contributed by atoms with van der Waals surface area (Å²) in [4.78, 5) is 1.16. The topological polar surface area (TPSA) is 47.0 Å². The van der Waals surface area contributed by atoms with Gasteiger partial charge in [0.15, 0.2) is 0 Å². The van der Waals surface area contributed by atoms with E-state index in [4.69, 9.17) is 4.74 Å². The molecule has 0 fully saturated rings. The maximum Gasteiger partial charge on any atom is 0.115 e. The monoisotopic (exact) mass is 253 g/mol. The second-order valence-electron chi connectivity index (χ2n) is 5.20. The van der Waals surface area contributed by atoms with E-state index in [1.807, 2.05) is 7.05 Å². The van der Waals surface area contributed by atoms with Crippen LogP contribution in [0.4, 0.5) is 0 Å². The Labute approximate surface area is 106 Å². The molecule has 0 amide bonds. The Balaban J connectivity index is 2.34. The van der Waals surface area contributed by atoms with Crippen LogP contribution in [-0.2, 0) is 10.2 Å². The molecule has 17 heavy (non-hydrogen) atoms. The van der Waals surface area contributed by atoms with Crippen LogP contribution in [0.15, 0.2) is 11.8 Å². The zero-order valence-corrected chi connectivity index (χ0v) is 11.6. The molecule has 5 heteroatoms. The molecule has 94 valence electrons. The summed E-state index contributed by atoms with van der Waals surface area (Å²) in [6, 6.07) is 0.0896. The Morgan fingerprint density at radius 2 is 2.24 bits per heavy atom. The van der Waals surface area contributed by atoms with Gasteiger partial charge in [-0.1, -0.05) is 25.3 Å². The lowest BCUT2D eigenvalue weighted by Gasteiger charge is -2.22. The van der Waals surface area contributed by atoms with E-state index >= 15 is 0 Å². The van der Waals surface area contributed by atoms with Gasteiger partial charge in [0, 0.05) is 11.8 Å². The Kier molecular flexibility index (Phi) is 3.49. The van der Waals surface area contributed by atoms with Crippen LogP contribution >= 0.6 is 11.5 Å². The molecule has 0 aromatic carbocycles. The number of hydrogen-bond acceptors (Lipinski definition) is 5. The maximum atomic E-state index is 5.65. The molecule has 0 radical (unpaired) electrons. The average Bonchev–Trinajstić information content (AvgIpc) is 2.87. The van der Waals surface area contributed by atoms with Crippen LogP contribution in [0.1, 0.15) is 43.8 Å². The van der Waals surface area contributed by atoms with Crippen LogP contribution in [0.3, 0.4) is 0 Å². The molecule has 1 aromatic heterocycles. The predicted molar refractivity (Wildman–Crippen MR) is 69.1 cm³/mol. The third-order valence-corrected chi connectivity index (χ3v) is 3.58. The van der Waals surface area contributed by atoms with E-state index in [1.165, 1.54) is 11.5 Å². The molecule has 4 nitrogen and oxygen atoms in total. The van der Waals surface area contributed by atoms with Gasteiger partial charge in [0.2, 0.25) is 0 Å². The summed E-state index contributed by atoms with van der Waals surface area (Å²) >= 11 is 1.45. The molecule has 1 N–H and O–H groups in total. The van der Waals surface area contributed by atoms with E-state index < -0.39 is 0 Å². The zero-order valence-electron chi connectivity index (χ0n) is 10.8. The second-order valence-corrected chi connectivity index (χ2v) is 5.99. The van der Waals surface area contributed by atoms with Gasteiger partial charge >= 0.3 is 0 Å². The van der Waals surface area contributed by atoms with Crippen LogP contribution in [0.25, 0.3) is 0 Å². The highest BCUT2D eigenvalue weighted by molar-refractivity contribution is 7.05. The fourth-order valence-corrected chi connectivity index (χ4v) is 2.93. The van der Waals surface area contributed by atoms with Crippen molar-refractivity contribution in [2.24, 2.45) is 0 Å². The summed E-state index contributed by atoms with van der Waals surface area (Å²) in [6.07, 6.45) is 3.14. The van der Waals surface area contributed by atoms with Crippen LogP contribution in [-0.4, -0.2) is 23.2 Å². The first kappa shape index (κ1) is 12.5. The summed E-state index contributed by atoms with van der Waals surface area (Å²) in [5.74, 6) is 1.00. The van der Waals surface area contributed by atoms with Gasteiger partial charge in [-0.25, -0.2) is 0 Å². The highest BCUT2D eigenvalue weighted by atomic mass is 32.1. The molecule has 1 unspecified atom stereocenters. The molecule has 0 aliphatic carbocycles. The molecular weight excluding hydrogens is 234 g/mol. The minimum atomic E-state index is 0.0105. The fourth-order valence-electron chi connectivity index (χ4n) is 1.95. The van der Waals surface area contributed by atoms with Crippen molar-refractivity contribution in [1.82, 2.24) is 14.9 Å². The third kappa shape index (κ3) is 2.50. The van der Waals surface area contributed by atoms with Crippen molar-refractivity contribution in [1.29, 1.82) is 0 Å². The lowest BCUT2D eigenvalue weighted by molar-refractivity contribution is 0.218. The van der Waals surface area contributed by atoms with Crippen molar-refractivity contribution in [2.75, 3.05) is 13.7 Å². The van der Waals surface area contributed by atoms with Crippen molar-refractivity contribution in [2.45, 2.75) is 38.6 Å². The van der Waals surface area contributed by atoms with Gasteiger partial charge in [-0.15, -0.1) is 5.10 Å². The molecule has 1 aliphatic rings. The minimum Gasteiger partial charge on any atom is -0.496 e. The minimum absolute atomic E-state index is 0.0105. The number of likely N-dealkylation sites (N-methyl/N-ethyl adjacent to an activating group) is 1. The standard InChI is InChI=1S/C12H19N3OS/c1-12(2,3)11-10(17-15-14-11)9(13-4)8-6-5-7-16-8/h6,9,13H,5,7H2,1-4H3. The van der Waals surface area contributed by atoms with E-state index in [1.54, 1.807) is 0 Å². The molecule has 0 spiro atoms. The Morgan fingerprint density at radius 3 is 2.76 bits per heavy atom. The Hall–Kier alpha value is -0.940. The Morgan fingerprint density at radius 1 is 1.47 bits per heavy atom. The first-order valence-corrected chi connectivity index (χ1v) is 6.64. The van der Waals surface area contributed by atoms with Crippen molar-refractivity contribution in [3.05, 3.63) is 22.4 Å². The van der Waals surface area contributed by atoms with E-state index in [2.05, 4.69) is 41.8 Å². The summed E-state index contributed by atoms with van der Waals surface area (Å²) in [7, 11) is 1.94. The van der Waals surface area contributed by atoms with Crippen molar-refractivity contribution < 1.29 is 4.74 Å². The molecule has 0 saturated carbocycles. The predicted octanol–water partition coefficient (Wildman–Crippen LogP) is 2.40. The van der Waals surface area contributed by atoms with Gasteiger partial charge < -0.3 is 10.1 Å². The van der Waals surface area contributed by atoms with Crippen LogP contribution < -0.4 is 5.32 Å². The van der Waals surface area contributed by atoms with E-state index in [0.717, 1.165) is 29.4 Å². The molecule has 1 aromatic rings. The molecule has 1 aliphatic heterocycles. The number of nitrogens with one attached hydrogen (secondary N) is 1. The Bertz CT molecular complexity index is 420. The van der Waals surface area contributed by atoms with Gasteiger partial charge in [-0.3, -0.25) is 0 Å². The van der Waals surface area contributed by atoms with Gasteiger partial charge in [-0.05, 0) is 24.7 Å². The number of ether oxygens (including phenoxy) is 1. The summed E-state index contributed by atoms with van der Waals surface area (Å²) < 4.78 is 9.74. The fraction of sp³-hybridized carbons (Fsp3) is 0.667. The van der Waals surface area contributed by atoms with Crippen LogP contribution in [0.2, 0.25) is 0 Å². The number of aromatic nitrogens is 2. The molecule has 0 bridgehead atoms. The maximum absolute atomic E-state index is 5.65. The van der Waals surface area contributed by atoms with E-state index in [9.17, 15) is 0 Å². The lowest BCUT2D eigenvalue weighted by atomic mass is 9.90. The van der Waals surface area contributed by atoms with Crippen molar-refractivity contribution in [3.63, 3.8) is 0 Å². The highest BCUT2D eigenvalue weighted by Crippen LogP contribution is 2.35. The van der Waals surface area contributed by atoms with Gasteiger partial charge in [-0.2, -0.15) is 0 Å². The van der Waals surface area contributed by atoms with E-state index in [0.29, 0.717) is 0 Å². The number of nitrogens with zero attached hydrogens (tertiary/aromatic N) is 2. The quantitative estimate of drug-likeness (QED) is 0.898. The molecule has 1 atom stereocenters. The number of rotatable bonds is 3. The second kappa shape index (κ2) is 4.74. The number of hydrogen-bond donors (Lipinski definition) is 1.